The van der Waals surface area contributed by atoms with Gasteiger partial charge in [0.05, 0.1) is 6.10 Å². The summed E-state index contributed by atoms with van der Waals surface area (Å²) in [7, 11) is 0. The van der Waals surface area contributed by atoms with Crippen molar-refractivity contribution in [2.45, 2.75) is 97.6 Å². The zero-order valence-electron chi connectivity index (χ0n) is 16.1. The van der Waals surface area contributed by atoms with Crippen molar-refractivity contribution in [2.75, 3.05) is 6.54 Å². The summed E-state index contributed by atoms with van der Waals surface area (Å²) in [6.07, 6.45) is 8.43. The van der Waals surface area contributed by atoms with Gasteiger partial charge in [0.1, 0.15) is 6.04 Å². The lowest BCUT2D eigenvalue weighted by atomic mass is 10.1. The van der Waals surface area contributed by atoms with Crippen molar-refractivity contribution in [3.8, 4) is 0 Å². The van der Waals surface area contributed by atoms with E-state index in [0.29, 0.717) is 18.9 Å². The number of amides is 2. The topological polar surface area (TPSA) is 78.4 Å². The van der Waals surface area contributed by atoms with Gasteiger partial charge in [-0.15, -0.1) is 0 Å². The van der Waals surface area contributed by atoms with Crippen LogP contribution in [0.25, 0.3) is 0 Å². The summed E-state index contributed by atoms with van der Waals surface area (Å²) in [5.74, 6) is 0.0363. The third-order valence-electron chi connectivity index (χ3n) is 4.11. The van der Waals surface area contributed by atoms with E-state index >= 15 is 0 Å². The molecule has 0 unspecified atom stereocenters. The number of aliphatic hydroxyl groups excluding tert-OH is 1. The van der Waals surface area contributed by atoms with Gasteiger partial charge < -0.3 is 15.7 Å². The molecule has 0 fully saturated rings. The summed E-state index contributed by atoms with van der Waals surface area (Å²) in [6, 6.07) is -0.866. The van der Waals surface area contributed by atoms with E-state index in [2.05, 4.69) is 31.4 Å². The van der Waals surface area contributed by atoms with Crippen molar-refractivity contribution < 1.29 is 14.7 Å². The highest BCUT2D eigenvalue weighted by Gasteiger charge is 2.25. The zero-order chi connectivity index (χ0) is 18.4. The van der Waals surface area contributed by atoms with Crippen LogP contribution < -0.4 is 10.6 Å². The van der Waals surface area contributed by atoms with Gasteiger partial charge in [-0.1, -0.05) is 59.3 Å². The molecule has 0 aliphatic rings. The molecule has 5 heteroatoms. The average Bonchev–Trinajstić information content (AvgIpc) is 2.50. The minimum Gasteiger partial charge on any atom is -0.391 e. The fourth-order valence-corrected chi connectivity index (χ4v) is 2.49. The molecule has 0 saturated heterocycles. The van der Waals surface area contributed by atoms with Gasteiger partial charge in [0, 0.05) is 13.0 Å². The maximum Gasteiger partial charge on any atom is 0.245 e. The van der Waals surface area contributed by atoms with Crippen LogP contribution in [0.3, 0.4) is 0 Å². The maximum atomic E-state index is 12.1. The van der Waals surface area contributed by atoms with E-state index in [-0.39, 0.29) is 11.8 Å². The number of carbonyl (C=O) groups is 2. The molecule has 0 heterocycles. The smallest absolute Gasteiger partial charge is 0.245 e. The molecule has 0 bridgehead atoms. The van der Waals surface area contributed by atoms with Crippen molar-refractivity contribution in [1.29, 1.82) is 0 Å². The monoisotopic (exact) mass is 342 g/mol. The maximum absolute atomic E-state index is 12.1. The Balaban J connectivity index is 4.00. The number of unbranched alkanes of at least 4 members (excludes halogenated alkanes) is 6. The molecule has 0 radical (unpaired) electrons. The zero-order valence-corrected chi connectivity index (χ0v) is 16.1. The van der Waals surface area contributed by atoms with E-state index in [9.17, 15) is 14.7 Å². The molecule has 0 aliphatic heterocycles. The molecule has 0 aromatic rings. The number of nitrogens with one attached hydrogen (secondary N) is 2. The Hall–Kier alpha value is -1.10. The number of aliphatic hydroxyl groups is 1. The molecule has 0 spiro atoms. The predicted octanol–water partition coefficient (Wildman–Crippen LogP) is 3.16. The van der Waals surface area contributed by atoms with Crippen LogP contribution >= 0.6 is 0 Å². The fourth-order valence-electron chi connectivity index (χ4n) is 2.49. The molecular formula is C19H38N2O3. The second kappa shape index (κ2) is 14.3. The van der Waals surface area contributed by atoms with Crippen LogP contribution in [0.5, 0.6) is 0 Å². The number of carbonyl (C=O) groups excluding carboxylic acids is 2. The first kappa shape index (κ1) is 22.9. The van der Waals surface area contributed by atoms with E-state index in [1.165, 1.54) is 32.6 Å². The molecular weight excluding hydrogens is 304 g/mol. The Morgan fingerprint density at radius 1 is 0.958 bits per heavy atom. The highest BCUT2D eigenvalue weighted by Crippen LogP contribution is 2.08. The van der Waals surface area contributed by atoms with Crippen LogP contribution in [0, 0.1) is 5.92 Å². The normalized spacial score (nSPS) is 13.6. The molecule has 0 aromatic carbocycles. The Morgan fingerprint density at radius 3 is 2.08 bits per heavy atom. The van der Waals surface area contributed by atoms with Gasteiger partial charge in [-0.2, -0.15) is 0 Å². The Kier molecular flexibility index (Phi) is 13.6. The molecule has 24 heavy (non-hydrogen) atoms. The first-order valence-electron chi connectivity index (χ1n) is 9.63. The van der Waals surface area contributed by atoms with E-state index in [1.54, 1.807) is 0 Å². The average molecular weight is 343 g/mol. The van der Waals surface area contributed by atoms with Crippen LogP contribution in [0.15, 0.2) is 0 Å². The third-order valence-corrected chi connectivity index (χ3v) is 4.11. The van der Waals surface area contributed by atoms with Gasteiger partial charge in [0.15, 0.2) is 0 Å². The molecule has 2 amide bonds. The standard InChI is InChI=1S/C19H38N2O3/c1-5-6-7-8-9-10-11-12-17(23)21-18(16(4)22)19(24)20-14-13-15(2)3/h15-16,18,22H,5-14H2,1-4H3,(H,20,24)(H,21,23)/t16-,18-/m1/s1. The van der Waals surface area contributed by atoms with Crippen molar-refractivity contribution in [2.24, 2.45) is 5.92 Å². The minimum atomic E-state index is -0.901. The van der Waals surface area contributed by atoms with Crippen LogP contribution in [-0.4, -0.2) is 35.6 Å². The Morgan fingerprint density at radius 2 is 1.54 bits per heavy atom. The van der Waals surface area contributed by atoms with Gasteiger partial charge in [-0.3, -0.25) is 9.59 Å². The van der Waals surface area contributed by atoms with Gasteiger partial charge in [0.2, 0.25) is 11.8 Å². The van der Waals surface area contributed by atoms with Crippen LogP contribution in [0.2, 0.25) is 0 Å². The van der Waals surface area contributed by atoms with E-state index in [0.717, 1.165) is 25.7 Å². The first-order valence-corrected chi connectivity index (χ1v) is 9.63. The van der Waals surface area contributed by atoms with Crippen LogP contribution in [-0.2, 0) is 9.59 Å². The van der Waals surface area contributed by atoms with Gasteiger partial charge >= 0.3 is 0 Å². The first-order chi connectivity index (χ1) is 11.4. The quantitative estimate of drug-likeness (QED) is 0.424. The van der Waals surface area contributed by atoms with E-state index in [4.69, 9.17) is 0 Å². The second-order valence-corrected chi connectivity index (χ2v) is 7.13. The number of hydrogen-bond acceptors (Lipinski definition) is 3. The minimum absolute atomic E-state index is 0.159. The molecule has 5 nitrogen and oxygen atoms in total. The van der Waals surface area contributed by atoms with Crippen LogP contribution in [0.4, 0.5) is 0 Å². The molecule has 0 aromatic heterocycles. The summed E-state index contributed by atoms with van der Waals surface area (Å²) >= 11 is 0. The number of hydrogen-bond donors (Lipinski definition) is 3. The van der Waals surface area contributed by atoms with E-state index < -0.39 is 12.1 Å². The van der Waals surface area contributed by atoms with Gasteiger partial charge in [0.25, 0.3) is 0 Å². The molecule has 2 atom stereocenters. The molecule has 3 N–H and O–H groups in total. The highest BCUT2D eigenvalue weighted by atomic mass is 16.3. The molecule has 142 valence electrons. The van der Waals surface area contributed by atoms with Crippen molar-refractivity contribution >= 4 is 11.8 Å². The summed E-state index contributed by atoms with van der Waals surface area (Å²) in [5, 5.41) is 15.2. The van der Waals surface area contributed by atoms with E-state index in [1.807, 2.05) is 0 Å². The van der Waals surface area contributed by atoms with Crippen molar-refractivity contribution in [3.63, 3.8) is 0 Å². The lowest BCUT2D eigenvalue weighted by molar-refractivity contribution is -0.131. The largest absolute Gasteiger partial charge is 0.391 e. The Labute approximate surface area is 148 Å². The Bertz CT molecular complexity index is 344. The summed E-state index contributed by atoms with van der Waals surface area (Å²) in [6.45, 7) is 8.46. The SMILES string of the molecule is CCCCCCCCCC(=O)N[C@@H](C(=O)NCCC(C)C)[C@@H](C)O. The van der Waals surface area contributed by atoms with Gasteiger partial charge in [-0.25, -0.2) is 0 Å². The lowest BCUT2D eigenvalue weighted by Crippen LogP contribution is -2.52. The van der Waals surface area contributed by atoms with Crippen molar-refractivity contribution in [1.82, 2.24) is 10.6 Å². The molecule has 0 saturated carbocycles. The highest BCUT2D eigenvalue weighted by molar-refractivity contribution is 5.88. The summed E-state index contributed by atoms with van der Waals surface area (Å²) < 4.78 is 0. The summed E-state index contributed by atoms with van der Waals surface area (Å²) in [5.41, 5.74) is 0. The summed E-state index contributed by atoms with van der Waals surface area (Å²) in [4.78, 5) is 24.1. The lowest BCUT2D eigenvalue weighted by Gasteiger charge is -2.21. The molecule has 0 aliphatic carbocycles. The third kappa shape index (κ3) is 12.3. The van der Waals surface area contributed by atoms with Gasteiger partial charge in [-0.05, 0) is 25.7 Å². The number of rotatable bonds is 14. The van der Waals surface area contributed by atoms with Crippen LogP contribution in [0.1, 0.15) is 85.5 Å². The molecule has 0 rings (SSSR count). The van der Waals surface area contributed by atoms with Crippen molar-refractivity contribution in [3.05, 3.63) is 0 Å². The fraction of sp³-hybridized carbons (Fsp3) is 0.895. The second-order valence-electron chi connectivity index (χ2n) is 7.13. The predicted molar refractivity (Wildman–Crippen MR) is 98.7 cm³/mol.